The number of amides is 1. The van der Waals surface area contributed by atoms with Crippen LogP contribution in [0.2, 0.25) is 0 Å². The number of ether oxygens (including phenoxy) is 1. The first-order valence-electron chi connectivity index (χ1n) is 8.67. The zero-order valence-corrected chi connectivity index (χ0v) is 17.9. The predicted molar refractivity (Wildman–Crippen MR) is 109 cm³/mol. The van der Waals surface area contributed by atoms with Gasteiger partial charge in [0.05, 0.1) is 4.90 Å². The van der Waals surface area contributed by atoms with Crippen LogP contribution in [0, 0.1) is 18.6 Å². The molecule has 6 nitrogen and oxygen atoms in total. The number of carbonyl (C=O) groups excluding carboxylic acids is 1. The Kier molecular flexibility index (Phi) is 5.91. The van der Waals surface area contributed by atoms with Crippen LogP contribution in [-0.2, 0) is 20.2 Å². The highest BCUT2D eigenvalue weighted by Crippen LogP contribution is 2.32. The molecule has 2 aromatic carbocycles. The van der Waals surface area contributed by atoms with Gasteiger partial charge >= 0.3 is 0 Å². The van der Waals surface area contributed by atoms with Crippen LogP contribution in [-0.4, -0.2) is 25.6 Å². The summed E-state index contributed by atoms with van der Waals surface area (Å²) >= 11 is 1.24. The molecule has 3 rings (SSSR count). The molecule has 30 heavy (non-hydrogen) atoms. The Bertz CT molecular complexity index is 1190. The van der Waals surface area contributed by atoms with E-state index in [1.165, 1.54) is 42.5 Å². The van der Waals surface area contributed by atoms with Gasteiger partial charge < -0.3 is 4.74 Å². The summed E-state index contributed by atoms with van der Waals surface area (Å²) in [6.45, 7) is 3.22. The van der Waals surface area contributed by atoms with E-state index in [4.69, 9.17) is 4.74 Å². The van der Waals surface area contributed by atoms with Gasteiger partial charge in [0.1, 0.15) is 5.82 Å². The van der Waals surface area contributed by atoms with Crippen molar-refractivity contribution in [1.29, 1.82) is 0 Å². The van der Waals surface area contributed by atoms with E-state index in [9.17, 15) is 22.0 Å². The average molecular weight is 453 g/mol. The molecular weight excluding hydrogens is 434 g/mol. The van der Waals surface area contributed by atoms with E-state index < -0.39 is 33.0 Å². The minimum absolute atomic E-state index is 0.0533. The van der Waals surface area contributed by atoms with Crippen LogP contribution in [0.4, 0.5) is 13.9 Å². The molecule has 0 radical (unpaired) electrons. The number of nitrogens with one attached hydrogen (secondary N) is 1. The molecule has 0 aliphatic heterocycles. The van der Waals surface area contributed by atoms with Crippen molar-refractivity contribution in [3.8, 4) is 5.75 Å². The Morgan fingerprint density at radius 2 is 1.83 bits per heavy atom. The molecule has 0 saturated carbocycles. The van der Waals surface area contributed by atoms with E-state index >= 15 is 0 Å². The first-order valence-corrected chi connectivity index (χ1v) is 11.4. The van der Waals surface area contributed by atoms with Gasteiger partial charge in [-0.1, -0.05) is 12.1 Å². The van der Waals surface area contributed by atoms with Gasteiger partial charge in [-0.05, 0) is 38.1 Å². The summed E-state index contributed by atoms with van der Waals surface area (Å²) < 4.78 is 56.7. The quantitative estimate of drug-likeness (QED) is 0.610. The van der Waals surface area contributed by atoms with Crippen molar-refractivity contribution in [2.75, 3.05) is 11.6 Å². The standard InChI is InChI=1S/C20H18F2N2O4S2/c1-12-11-23-19(29-12)24-18(25)20(2,28-17-9-6-14(21)10-16(17)22)13-4-7-15(8-5-13)30(3,26)27/h4-11H,1-3H3,(H,23,24,25). The summed E-state index contributed by atoms with van der Waals surface area (Å²) in [6.07, 6.45) is 2.64. The summed E-state index contributed by atoms with van der Waals surface area (Å²) in [4.78, 5) is 18.1. The number of hydrogen-bond acceptors (Lipinski definition) is 6. The molecule has 158 valence electrons. The molecule has 1 amide bonds. The minimum Gasteiger partial charge on any atom is -0.470 e. The highest BCUT2D eigenvalue weighted by molar-refractivity contribution is 7.90. The first kappa shape index (κ1) is 21.8. The van der Waals surface area contributed by atoms with Crippen LogP contribution in [0.3, 0.4) is 0 Å². The summed E-state index contributed by atoms with van der Waals surface area (Å²) in [5, 5.41) is 2.95. The largest absolute Gasteiger partial charge is 0.470 e. The predicted octanol–water partition coefficient (Wildman–Crippen LogP) is 4.07. The third kappa shape index (κ3) is 4.65. The average Bonchev–Trinajstić information content (AvgIpc) is 3.08. The fourth-order valence-electron chi connectivity index (χ4n) is 2.66. The van der Waals surface area contributed by atoms with Crippen molar-refractivity contribution in [3.63, 3.8) is 0 Å². The third-order valence-corrected chi connectivity index (χ3v) is 6.27. The number of benzene rings is 2. The number of nitrogens with zero attached hydrogens (tertiary/aromatic N) is 1. The Labute approximate surface area is 176 Å². The topological polar surface area (TPSA) is 85.4 Å². The molecule has 0 aliphatic rings. The molecule has 1 N–H and O–H groups in total. The molecular formula is C20H18F2N2O4S2. The monoisotopic (exact) mass is 452 g/mol. The summed E-state index contributed by atoms with van der Waals surface area (Å²) in [6, 6.07) is 8.20. The van der Waals surface area contributed by atoms with E-state index in [1.807, 2.05) is 6.92 Å². The minimum atomic E-state index is -3.45. The maximum absolute atomic E-state index is 14.2. The van der Waals surface area contributed by atoms with Crippen molar-refractivity contribution in [3.05, 3.63) is 70.7 Å². The second-order valence-electron chi connectivity index (χ2n) is 6.74. The molecule has 1 aromatic heterocycles. The van der Waals surface area contributed by atoms with E-state index in [-0.39, 0.29) is 16.2 Å². The van der Waals surface area contributed by atoms with E-state index in [1.54, 1.807) is 6.20 Å². The lowest BCUT2D eigenvalue weighted by Gasteiger charge is -2.30. The number of hydrogen-bond donors (Lipinski definition) is 1. The molecule has 1 unspecified atom stereocenters. The second kappa shape index (κ2) is 8.11. The SMILES string of the molecule is Cc1cnc(NC(=O)C(C)(Oc2ccc(F)cc2F)c2ccc(S(C)(=O)=O)cc2)s1. The third-order valence-electron chi connectivity index (χ3n) is 4.32. The van der Waals surface area contributed by atoms with Crippen LogP contribution in [0.25, 0.3) is 0 Å². The lowest BCUT2D eigenvalue weighted by atomic mass is 9.94. The maximum Gasteiger partial charge on any atom is 0.274 e. The molecule has 0 fully saturated rings. The number of halogens is 2. The lowest BCUT2D eigenvalue weighted by Crippen LogP contribution is -2.43. The van der Waals surface area contributed by atoms with Crippen molar-refractivity contribution < 1.29 is 26.7 Å². The smallest absolute Gasteiger partial charge is 0.274 e. The molecule has 1 atom stereocenters. The highest BCUT2D eigenvalue weighted by Gasteiger charge is 2.39. The normalized spacial score (nSPS) is 13.5. The maximum atomic E-state index is 14.2. The van der Waals surface area contributed by atoms with Crippen LogP contribution < -0.4 is 10.1 Å². The molecule has 0 bridgehead atoms. The van der Waals surface area contributed by atoms with Crippen LogP contribution in [0.1, 0.15) is 17.4 Å². The fourth-order valence-corrected chi connectivity index (χ4v) is 3.95. The van der Waals surface area contributed by atoms with Gasteiger partial charge in [-0.3, -0.25) is 10.1 Å². The number of carbonyl (C=O) groups is 1. The lowest BCUT2D eigenvalue weighted by molar-refractivity contribution is -0.130. The van der Waals surface area contributed by atoms with Crippen molar-refractivity contribution in [2.24, 2.45) is 0 Å². The Balaban J connectivity index is 2.03. The van der Waals surface area contributed by atoms with Gasteiger partial charge in [0.2, 0.25) is 5.60 Å². The summed E-state index contributed by atoms with van der Waals surface area (Å²) in [5.74, 6) is -2.77. The Morgan fingerprint density at radius 1 is 1.17 bits per heavy atom. The van der Waals surface area contributed by atoms with Gasteiger partial charge in [0.25, 0.3) is 5.91 Å². The van der Waals surface area contributed by atoms with Gasteiger partial charge in [-0.15, -0.1) is 11.3 Å². The zero-order valence-electron chi connectivity index (χ0n) is 16.3. The van der Waals surface area contributed by atoms with Gasteiger partial charge in [0, 0.05) is 29.0 Å². The fraction of sp³-hybridized carbons (Fsp3) is 0.200. The van der Waals surface area contributed by atoms with Crippen LogP contribution in [0.15, 0.2) is 53.6 Å². The Morgan fingerprint density at radius 3 is 2.37 bits per heavy atom. The molecule has 3 aromatic rings. The number of sulfone groups is 1. The van der Waals surface area contributed by atoms with Crippen LogP contribution in [0.5, 0.6) is 5.75 Å². The summed E-state index contributed by atoms with van der Waals surface area (Å²) in [7, 11) is -3.45. The van der Waals surface area contributed by atoms with Crippen molar-refractivity contribution in [2.45, 2.75) is 24.3 Å². The highest BCUT2D eigenvalue weighted by atomic mass is 32.2. The molecule has 1 heterocycles. The number of anilines is 1. The number of thiazole rings is 1. The van der Waals surface area contributed by atoms with E-state index in [0.29, 0.717) is 11.2 Å². The number of rotatable bonds is 6. The number of aromatic nitrogens is 1. The summed E-state index contributed by atoms with van der Waals surface area (Å²) in [5.41, 5.74) is -1.50. The Hall–Kier alpha value is -2.85. The molecule has 0 aliphatic carbocycles. The van der Waals surface area contributed by atoms with Crippen molar-refractivity contribution >= 4 is 32.2 Å². The van der Waals surface area contributed by atoms with Gasteiger partial charge in [-0.2, -0.15) is 0 Å². The molecule has 10 heteroatoms. The van der Waals surface area contributed by atoms with E-state index in [2.05, 4.69) is 10.3 Å². The van der Waals surface area contributed by atoms with Gasteiger partial charge in [-0.25, -0.2) is 22.2 Å². The zero-order chi connectivity index (χ0) is 22.1. The first-order chi connectivity index (χ1) is 14.0. The number of aryl methyl sites for hydroxylation is 1. The van der Waals surface area contributed by atoms with Crippen molar-refractivity contribution in [1.82, 2.24) is 4.98 Å². The van der Waals surface area contributed by atoms with Crippen LogP contribution >= 0.6 is 11.3 Å². The van der Waals surface area contributed by atoms with Gasteiger partial charge in [0.15, 0.2) is 26.5 Å². The second-order valence-corrected chi connectivity index (χ2v) is 9.99. The molecule has 0 spiro atoms. The molecule has 0 saturated heterocycles. The van der Waals surface area contributed by atoms with E-state index in [0.717, 1.165) is 23.3 Å².